The van der Waals surface area contributed by atoms with Crippen LogP contribution in [0.15, 0.2) is 152 Å². The molecule has 8 aromatic rings. The lowest BCUT2D eigenvalue weighted by atomic mass is 9.82. The quantitative estimate of drug-likeness (QED) is 0.182. The molecule has 2 aliphatic carbocycles. The Bertz CT molecular complexity index is 2560. The van der Waals surface area contributed by atoms with Crippen molar-refractivity contribution in [3.05, 3.63) is 174 Å². The van der Waals surface area contributed by atoms with Gasteiger partial charge in [-0.15, -0.1) is 11.3 Å². The summed E-state index contributed by atoms with van der Waals surface area (Å²) in [5, 5.41) is 2.66. The Kier molecular flexibility index (Phi) is 6.21. The van der Waals surface area contributed by atoms with Crippen molar-refractivity contribution < 1.29 is 0 Å². The number of thiophene rings is 1. The first kappa shape index (κ1) is 29.5. The van der Waals surface area contributed by atoms with Crippen molar-refractivity contribution in [2.45, 2.75) is 38.5 Å². The summed E-state index contributed by atoms with van der Waals surface area (Å²) in [6.07, 6.45) is 0. The van der Waals surface area contributed by atoms with Gasteiger partial charge in [0.25, 0.3) is 0 Å². The highest BCUT2D eigenvalue weighted by atomic mass is 32.1. The third-order valence-electron chi connectivity index (χ3n) is 11.5. The molecule has 1 aromatic heterocycles. The molecule has 0 saturated carbocycles. The second kappa shape index (κ2) is 10.5. The Hall–Kier alpha value is -5.44. The Morgan fingerprint density at radius 3 is 1.56 bits per heavy atom. The molecule has 7 aromatic carbocycles. The molecule has 1 nitrogen and oxygen atoms in total. The van der Waals surface area contributed by atoms with Gasteiger partial charge in [-0.25, -0.2) is 0 Å². The molecule has 0 amide bonds. The second-order valence-corrected chi connectivity index (χ2v) is 16.1. The number of hydrogen-bond acceptors (Lipinski definition) is 2. The molecule has 0 aliphatic heterocycles. The molecular formula is C48H37NS. The van der Waals surface area contributed by atoms with E-state index in [4.69, 9.17) is 0 Å². The Morgan fingerprint density at radius 2 is 0.900 bits per heavy atom. The van der Waals surface area contributed by atoms with E-state index in [-0.39, 0.29) is 10.8 Å². The average Bonchev–Trinajstić information content (AvgIpc) is 3.71. The standard InChI is InChI=1S/C48H37NS/c1-47(2)41-17-8-5-14-35(41)39-28-33(21-24-43(39)47)49(34-22-25-44-40(29-34)36-15-6-9-18-42(36)48(44,3)4)32-13-11-12-30(26-32)31-20-23-38-37-16-7-10-19-45(37)50-46(38)27-31/h5-29H,1-4H3. The smallest absolute Gasteiger partial charge is 0.0468 e. The van der Waals surface area contributed by atoms with Gasteiger partial charge in [0.1, 0.15) is 0 Å². The third-order valence-corrected chi connectivity index (χ3v) is 12.6. The van der Waals surface area contributed by atoms with E-state index < -0.39 is 0 Å². The van der Waals surface area contributed by atoms with Crippen molar-refractivity contribution in [3.63, 3.8) is 0 Å². The van der Waals surface area contributed by atoms with Crippen LogP contribution in [0.4, 0.5) is 17.1 Å². The SMILES string of the molecule is CC1(C)c2ccccc2-c2cc(N(c3cccc(-c4ccc5c(c4)sc4ccccc45)c3)c3ccc4c(c3)-c3ccccc3C4(C)C)ccc21. The molecule has 0 spiro atoms. The van der Waals surface area contributed by atoms with Crippen LogP contribution in [0.3, 0.4) is 0 Å². The molecule has 0 unspecified atom stereocenters. The van der Waals surface area contributed by atoms with Crippen molar-refractivity contribution in [2.75, 3.05) is 4.90 Å². The minimum absolute atomic E-state index is 0.0384. The summed E-state index contributed by atoms with van der Waals surface area (Å²) in [5.74, 6) is 0. The Labute approximate surface area is 298 Å². The lowest BCUT2D eigenvalue weighted by molar-refractivity contribution is 0.660. The fourth-order valence-electron chi connectivity index (χ4n) is 8.87. The maximum absolute atomic E-state index is 2.46. The number of anilines is 3. The topological polar surface area (TPSA) is 3.24 Å². The second-order valence-electron chi connectivity index (χ2n) is 15.0. The van der Waals surface area contributed by atoms with Gasteiger partial charge < -0.3 is 4.90 Å². The molecule has 0 atom stereocenters. The molecule has 2 aliphatic rings. The van der Waals surface area contributed by atoms with E-state index in [2.05, 4.69) is 184 Å². The predicted octanol–water partition coefficient (Wildman–Crippen LogP) is 13.8. The number of hydrogen-bond donors (Lipinski definition) is 0. The summed E-state index contributed by atoms with van der Waals surface area (Å²) in [7, 11) is 0. The Balaban J connectivity index is 1.16. The van der Waals surface area contributed by atoms with E-state index >= 15 is 0 Å². The van der Waals surface area contributed by atoms with E-state index in [1.54, 1.807) is 0 Å². The normalized spacial score (nSPS) is 14.7. The van der Waals surface area contributed by atoms with Crippen LogP contribution < -0.4 is 4.90 Å². The van der Waals surface area contributed by atoms with Gasteiger partial charge in [0.05, 0.1) is 0 Å². The molecule has 0 radical (unpaired) electrons. The maximum atomic E-state index is 2.46. The summed E-state index contributed by atoms with van der Waals surface area (Å²) in [6, 6.07) is 56.8. The molecule has 0 bridgehead atoms. The monoisotopic (exact) mass is 659 g/mol. The zero-order valence-corrected chi connectivity index (χ0v) is 29.6. The minimum atomic E-state index is -0.0384. The highest BCUT2D eigenvalue weighted by Gasteiger charge is 2.37. The molecule has 0 N–H and O–H groups in total. The molecule has 2 heteroatoms. The van der Waals surface area contributed by atoms with E-state index in [9.17, 15) is 0 Å². The number of fused-ring (bicyclic) bond motifs is 9. The first-order chi connectivity index (χ1) is 24.3. The highest BCUT2D eigenvalue weighted by molar-refractivity contribution is 7.25. The van der Waals surface area contributed by atoms with Gasteiger partial charge in [-0.05, 0) is 104 Å². The van der Waals surface area contributed by atoms with Crippen molar-refractivity contribution in [3.8, 4) is 33.4 Å². The average molecular weight is 660 g/mol. The molecule has 50 heavy (non-hydrogen) atoms. The summed E-state index contributed by atoms with van der Waals surface area (Å²) < 4.78 is 2.66. The number of rotatable bonds is 4. The van der Waals surface area contributed by atoms with Crippen LogP contribution >= 0.6 is 11.3 Å². The summed E-state index contributed by atoms with van der Waals surface area (Å²) in [5.41, 5.74) is 16.7. The third kappa shape index (κ3) is 4.18. The van der Waals surface area contributed by atoms with E-state index in [0.717, 1.165) is 5.69 Å². The van der Waals surface area contributed by atoms with Gasteiger partial charge in [-0.2, -0.15) is 0 Å². The van der Waals surface area contributed by atoms with Crippen molar-refractivity contribution >= 4 is 48.6 Å². The predicted molar refractivity (Wildman–Crippen MR) is 215 cm³/mol. The lowest BCUT2D eigenvalue weighted by Crippen LogP contribution is -2.16. The van der Waals surface area contributed by atoms with Gasteiger partial charge in [0.15, 0.2) is 0 Å². The van der Waals surface area contributed by atoms with Gasteiger partial charge in [0.2, 0.25) is 0 Å². The first-order valence-electron chi connectivity index (χ1n) is 17.6. The van der Waals surface area contributed by atoms with Crippen LogP contribution in [-0.4, -0.2) is 0 Å². The van der Waals surface area contributed by atoms with Gasteiger partial charge in [0, 0.05) is 48.1 Å². The van der Waals surface area contributed by atoms with Crippen LogP contribution in [0, 0.1) is 0 Å². The first-order valence-corrected chi connectivity index (χ1v) is 18.4. The van der Waals surface area contributed by atoms with Gasteiger partial charge in [-0.3, -0.25) is 0 Å². The molecule has 0 fully saturated rings. The van der Waals surface area contributed by atoms with Crippen molar-refractivity contribution in [2.24, 2.45) is 0 Å². The van der Waals surface area contributed by atoms with Crippen LogP contribution in [0.5, 0.6) is 0 Å². The lowest BCUT2D eigenvalue weighted by Gasteiger charge is -2.28. The summed E-state index contributed by atoms with van der Waals surface area (Å²) >= 11 is 1.88. The summed E-state index contributed by atoms with van der Waals surface area (Å²) in [6.45, 7) is 9.41. The van der Waals surface area contributed by atoms with Crippen LogP contribution in [0.2, 0.25) is 0 Å². The summed E-state index contributed by atoms with van der Waals surface area (Å²) in [4.78, 5) is 2.46. The Morgan fingerprint density at radius 1 is 0.380 bits per heavy atom. The molecular weight excluding hydrogens is 623 g/mol. The van der Waals surface area contributed by atoms with Gasteiger partial charge in [-0.1, -0.05) is 131 Å². The largest absolute Gasteiger partial charge is 0.310 e. The number of nitrogens with zero attached hydrogens (tertiary/aromatic N) is 1. The maximum Gasteiger partial charge on any atom is 0.0468 e. The van der Waals surface area contributed by atoms with Crippen LogP contribution in [0.1, 0.15) is 49.9 Å². The zero-order chi connectivity index (χ0) is 33.8. The highest BCUT2D eigenvalue weighted by Crippen LogP contribution is 2.53. The number of benzene rings is 7. The minimum Gasteiger partial charge on any atom is -0.310 e. The molecule has 0 saturated heterocycles. The zero-order valence-electron chi connectivity index (χ0n) is 28.8. The van der Waals surface area contributed by atoms with E-state index in [0.29, 0.717) is 0 Å². The van der Waals surface area contributed by atoms with E-state index in [1.807, 2.05) is 11.3 Å². The molecule has 1 heterocycles. The fraction of sp³-hybridized carbons (Fsp3) is 0.125. The molecule has 240 valence electrons. The molecule has 10 rings (SSSR count). The van der Waals surface area contributed by atoms with E-state index in [1.165, 1.54) is 87.2 Å². The van der Waals surface area contributed by atoms with Crippen LogP contribution in [0.25, 0.3) is 53.6 Å². The fourth-order valence-corrected chi connectivity index (χ4v) is 10.0. The van der Waals surface area contributed by atoms with Crippen molar-refractivity contribution in [1.29, 1.82) is 0 Å². The van der Waals surface area contributed by atoms with Crippen molar-refractivity contribution in [1.82, 2.24) is 0 Å². The van der Waals surface area contributed by atoms with Crippen LogP contribution in [-0.2, 0) is 10.8 Å². The van der Waals surface area contributed by atoms with Gasteiger partial charge >= 0.3 is 0 Å².